The topological polar surface area (TPSA) is 20.7 Å². The van der Waals surface area contributed by atoms with Crippen molar-refractivity contribution < 1.29 is 4.39 Å². The van der Waals surface area contributed by atoms with Crippen LogP contribution in [0.3, 0.4) is 0 Å². The first-order valence-corrected chi connectivity index (χ1v) is 6.85. The number of benzene rings is 1. The molecule has 1 fully saturated rings. The highest BCUT2D eigenvalue weighted by molar-refractivity contribution is 7.71. The summed E-state index contributed by atoms with van der Waals surface area (Å²) in [5, 5.41) is 0. The van der Waals surface area contributed by atoms with Gasteiger partial charge in [0.25, 0.3) is 0 Å². The molecule has 0 amide bonds. The van der Waals surface area contributed by atoms with Gasteiger partial charge in [-0.05, 0) is 61.5 Å². The molecule has 0 radical (unpaired) electrons. The molecule has 96 valence electrons. The summed E-state index contributed by atoms with van der Waals surface area (Å²) in [6, 6.07) is 3.43. The predicted octanol–water partition coefficient (Wildman–Crippen LogP) is 4.19. The lowest BCUT2D eigenvalue weighted by Crippen LogP contribution is -2.09. The van der Waals surface area contributed by atoms with E-state index in [2.05, 4.69) is 16.5 Å². The summed E-state index contributed by atoms with van der Waals surface area (Å²) in [7, 11) is 0. The van der Waals surface area contributed by atoms with Crippen LogP contribution in [-0.2, 0) is 6.54 Å². The smallest absolute Gasteiger partial charge is 0.178 e. The summed E-state index contributed by atoms with van der Waals surface area (Å²) in [4.78, 5) is 3.10. The fraction of sp³-hybridized carbons (Fsp3) is 0.500. The zero-order valence-corrected chi connectivity index (χ0v) is 11.5. The third kappa shape index (κ3) is 1.99. The molecule has 0 saturated heterocycles. The lowest BCUT2D eigenvalue weighted by molar-refractivity contribution is 0.434. The average Bonchev–Trinajstić information content (AvgIpc) is 3.10. The van der Waals surface area contributed by atoms with Crippen molar-refractivity contribution in [3.05, 3.63) is 28.3 Å². The van der Waals surface area contributed by atoms with Crippen molar-refractivity contribution in [2.24, 2.45) is 11.8 Å². The highest BCUT2D eigenvalue weighted by atomic mass is 32.1. The molecule has 1 aliphatic rings. The summed E-state index contributed by atoms with van der Waals surface area (Å²) in [6.07, 6.45) is 2.68. The number of aryl methyl sites for hydroxylation is 1. The zero-order chi connectivity index (χ0) is 12.9. The molecular weight excluding hydrogens is 247 g/mol. The molecule has 0 aliphatic heterocycles. The second kappa shape index (κ2) is 4.19. The van der Waals surface area contributed by atoms with Gasteiger partial charge >= 0.3 is 0 Å². The van der Waals surface area contributed by atoms with Crippen LogP contribution in [0.5, 0.6) is 0 Å². The zero-order valence-electron chi connectivity index (χ0n) is 10.7. The van der Waals surface area contributed by atoms with Gasteiger partial charge in [-0.3, -0.25) is 0 Å². The number of H-pyrrole nitrogens is 1. The molecule has 18 heavy (non-hydrogen) atoms. The number of nitrogens with one attached hydrogen (secondary N) is 1. The monoisotopic (exact) mass is 264 g/mol. The summed E-state index contributed by atoms with van der Waals surface area (Å²) < 4.78 is 16.3. The van der Waals surface area contributed by atoms with Gasteiger partial charge in [0.05, 0.1) is 11.0 Å². The van der Waals surface area contributed by atoms with Crippen LogP contribution >= 0.6 is 12.2 Å². The van der Waals surface area contributed by atoms with Gasteiger partial charge in [0.15, 0.2) is 4.77 Å². The van der Waals surface area contributed by atoms with E-state index in [9.17, 15) is 4.39 Å². The van der Waals surface area contributed by atoms with E-state index >= 15 is 0 Å². The Morgan fingerprint density at radius 3 is 2.89 bits per heavy atom. The van der Waals surface area contributed by atoms with Gasteiger partial charge in [-0.25, -0.2) is 4.39 Å². The molecule has 0 spiro atoms. The first-order valence-electron chi connectivity index (χ1n) is 6.45. The maximum atomic E-state index is 13.5. The average molecular weight is 264 g/mol. The first-order chi connectivity index (χ1) is 8.56. The Labute approximate surface area is 111 Å². The minimum absolute atomic E-state index is 0.179. The molecule has 1 heterocycles. The van der Waals surface area contributed by atoms with Gasteiger partial charge in [0.2, 0.25) is 0 Å². The second-order valence-corrected chi connectivity index (χ2v) is 5.86. The molecule has 1 aromatic carbocycles. The third-order valence-electron chi connectivity index (χ3n) is 3.95. The number of hydrogen-bond acceptors (Lipinski definition) is 1. The summed E-state index contributed by atoms with van der Waals surface area (Å²) in [6.45, 7) is 4.99. The molecular formula is C14H17FN2S. The molecule has 1 atom stereocenters. The van der Waals surface area contributed by atoms with Gasteiger partial charge < -0.3 is 9.55 Å². The van der Waals surface area contributed by atoms with Gasteiger partial charge in [-0.2, -0.15) is 0 Å². The maximum absolute atomic E-state index is 13.5. The Morgan fingerprint density at radius 1 is 1.50 bits per heavy atom. The van der Waals surface area contributed by atoms with E-state index in [0.717, 1.165) is 23.5 Å². The van der Waals surface area contributed by atoms with Crippen LogP contribution in [-0.4, -0.2) is 9.55 Å². The Hall–Kier alpha value is -1.16. The first kappa shape index (κ1) is 11.9. The highest BCUT2D eigenvalue weighted by Crippen LogP contribution is 2.37. The highest BCUT2D eigenvalue weighted by Gasteiger charge is 2.28. The number of aromatic nitrogens is 2. The molecule has 0 bridgehead atoms. The van der Waals surface area contributed by atoms with Crippen LogP contribution in [0.15, 0.2) is 12.1 Å². The maximum Gasteiger partial charge on any atom is 0.178 e. The minimum atomic E-state index is -0.179. The van der Waals surface area contributed by atoms with E-state index in [1.807, 2.05) is 6.07 Å². The Kier molecular flexibility index (Phi) is 2.77. The van der Waals surface area contributed by atoms with Crippen LogP contribution in [0.4, 0.5) is 4.39 Å². The van der Waals surface area contributed by atoms with Crippen molar-refractivity contribution in [3.8, 4) is 0 Å². The Bertz CT molecular complexity index is 652. The molecule has 1 aliphatic carbocycles. The van der Waals surface area contributed by atoms with Crippen LogP contribution in [0, 0.1) is 29.3 Å². The van der Waals surface area contributed by atoms with Crippen molar-refractivity contribution >= 4 is 23.3 Å². The number of rotatable bonds is 3. The summed E-state index contributed by atoms with van der Waals surface area (Å²) >= 11 is 5.35. The van der Waals surface area contributed by atoms with Crippen molar-refractivity contribution in [3.63, 3.8) is 0 Å². The van der Waals surface area contributed by atoms with Gasteiger partial charge in [0, 0.05) is 6.54 Å². The van der Waals surface area contributed by atoms with Gasteiger partial charge in [0.1, 0.15) is 5.82 Å². The van der Waals surface area contributed by atoms with Crippen LogP contribution < -0.4 is 0 Å². The van der Waals surface area contributed by atoms with Crippen LogP contribution in [0.25, 0.3) is 11.0 Å². The fourth-order valence-corrected chi connectivity index (χ4v) is 2.85. The van der Waals surface area contributed by atoms with E-state index < -0.39 is 0 Å². The number of nitrogens with zero attached hydrogens (tertiary/aromatic N) is 1. The number of halogens is 1. The van der Waals surface area contributed by atoms with Crippen LogP contribution in [0.2, 0.25) is 0 Å². The Morgan fingerprint density at radius 2 is 2.22 bits per heavy atom. The predicted molar refractivity (Wildman–Crippen MR) is 73.7 cm³/mol. The quantitative estimate of drug-likeness (QED) is 0.824. The molecule has 2 nitrogen and oxygen atoms in total. The summed E-state index contributed by atoms with van der Waals surface area (Å²) in [5.41, 5.74) is 2.49. The summed E-state index contributed by atoms with van der Waals surface area (Å²) in [5.74, 6) is 1.31. The van der Waals surface area contributed by atoms with E-state index in [0.29, 0.717) is 16.3 Å². The molecule has 1 saturated carbocycles. The lowest BCUT2D eigenvalue weighted by Gasteiger charge is -2.12. The van der Waals surface area contributed by atoms with E-state index in [1.165, 1.54) is 12.8 Å². The van der Waals surface area contributed by atoms with Gasteiger partial charge in [-0.15, -0.1) is 0 Å². The molecule has 4 heteroatoms. The molecule has 3 rings (SSSR count). The molecule has 1 unspecified atom stereocenters. The van der Waals surface area contributed by atoms with E-state index in [4.69, 9.17) is 12.2 Å². The van der Waals surface area contributed by atoms with E-state index in [1.54, 1.807) is 13.0 Å². The standard InChI is InChI=1S/C14H17FN2S/c1-8-5-13-12(6-11(8)15)16-14(18)17(13)7-9(2)10-3-4-10/h5-6,9-10H,3-4,7H2,1-2H3,(H,16,18). The third-order valence-corrected chi connectivity index (χ3v) is 4.27. The number of hydrogen-bond donors (Lipinski definition) is 1. The van der Waals surface area contributed by atoms with Crippen molar-refractivity contribution in [2.75, 3.05) is 0 Å². The van der Waals surface area contributed by atoms with Crippen molar-refractivity contribution in [1.82, 2.24) is 9.55 Å². The van der Waals surface area contributed by atoms with Crippen molar-refractivity contribution in [2.45, 2.75) is 33.2 Å². The van der Waals surface area contributed by atoms with Gasteiger partial charge in [-0.1, -0.05) is 6.92 Å². The Balaban J connectivity index is 2.07. The number of fused-ring (bicyclic) bond motifs is 1. The SMILES string of the molecule is Cc1cc2c(cc1F)[nH]c(=S)n2CC(C)C1CC1. The number of aromatic amines is 1. The number of imidazole rings is 1. The van der Waals surface area contributed by atoms with E-state index in [-0.39, 0.29) is 5.82 Å². The largest absolute Gasteiger partial charge is 0.330 e. The van der Waals surface area contributed by atoms with Crippen LogP contribution in [0.1, 0.15) is 25.3 Å². The normalized spacial score (nSPS) is 17.3. The fourth-order valence-electron chi connectivity index (χ4n) is 2.57. The second-order valence-electron chi connectivity index (χ2n) is 5.47. The lowest BCUT2D eigenvalue weighted by atomic mass is 10.1. The molecule has 1 aromatic heterocycles. The van der Waals surface area contributed by atoms with Crippen molar-refractivity contribution in [1.29, 1.82) is 0 Å². The minimum Gasteiger partial charge on any atom is -0.330 e. The molecule has 1 N–H and O–H groups in total. The molecule has 2 aromatic rings.